The molecule has 272 valence electrons. The molecule has 1 aliphatic heterocycles. The highest BCUT2D eigenvalue weighted by Crippen LogP contribution is 2.51. The minimum Gasteiger partial charge on any atom is -0.506 e. The number of H-pyrrole nitrogens is 1. The molecule has 0 amide bonds. The third-order valence-electron chi connectivity index (χ3n) is 10.6. The van der Waals surface area contributed by atoms with Crippen molar-refractivity contribution in [2.24, 2.45) is 5.41 Å². The molecule has 52 heavy (non-hydrogen) atoms. The third kappa shape index (κ3) is 6.82. The monoisotopic (exact) mass is 760 g/mol. The molecule has 15 heteroatoms. The summed E-state index contributed by atoms with van der Waals surface area (Å²) in [7, 11) is 0. The summed E-state index contributed by atoms with van der Waals surface area (Å²) >= 11 is 3.70. The number of benzene rings is 2. The summed E-state index contributed by atoms with van der Waals surface area (Å²) in [5, 5.41) is 48.2. The van der Waals surface area contributed by atoms with Crippen LogP contribution in [0.1, 0.15) is 59.1 Å². The average molecular weight is 761 g/mol. The number of aromatic nitrogens is 4. The van der Waals surface area contributed by atoms with Crippen LogP contribution in [-0.4, -0.2) is 78.4 Å². The van der Waals surface area contributed by atoms with E-state index in [9.17, 15) is 24.9 Å². The largest absolute Gasteiger partial charge is 0.506 e. The van der Waals surface area contributed by atoms with Gasteiger partial charge in [0.1, 0.15) is 22.9 Å². The van der Waals surface area contributed by atoms with Crippen LogP contribution in [0.15, 0.2) is 70.2 Å². The number of aliphatic hydroxyl groups excluding tert-OH is 1. The van der Waals surface area contributed by atoms with Crippen molar-refractivity contribution in [1.29, 1.82) is 0 Å². The summed E-state index contributed by atoms with van der Waals surface area (Å²) in [4.78, 5) is 31.2. The molecule has 2 aliphatic rings. The fraction of sp³-hybridized carbons (Fsp3) is 0.405. The van der Waals surface area contributed by atoms with Crippen molar-refractivity contribution >= 4 is 61.2 Å². The van der Waals surface area contributed by atoms with E-state index in [1.165, 1.54) is 28.7 Å². The number of nitrogens with zero attached hydrogens (tertiary/aromatic N) is 4. The maximum Gasteiger partial charge on any atom is 0.349 e. The van der Waals surface area contributed by atoms with Gasteiger partial charge in [0.25, 0.3) is 0 Å². The molecular weight excluding hydrogens is 721 g/mol. The highest BCUT2D eigenvalue weighted by atomic mass is 32.1. The molecule has 1 saturated carbocycles. The molecule has 8 rings (SSSR count). The number of piperidine rings is 1. The summed E-state index contributed by atoms with van der Waals surface area (Å²) in [5.74, 6) is -0.592. The van der Waals surface area contributed by atoms with Gasteiger partial charge in [-0.05, 0) is 104 Å². The zero-order valence-electron chi connectivity index (χ0n) is 28.4. The number of hydrogen-bond acceptors (Lipinski definition) is 13. The van der Waals surface area contributed by atoms with Crippen molar-refractivity contribution in [3.63, 3.8) is 0 Å². The Morgan fingerprint density at radius 1 is 1.08 bits per heavy atom. The Balaban J connectivity index is 0.774. The van der Waals surface area contributed by atoms with E-state index in [2.05, 4.69) is 25.5 Å². The number of nitrogens with one attached hydrogen (secondary N) is 2. The molecule has 4 aromatic heterocycles. The lowest BCUT2D eigenvalue weighted by molar-refractivity contribution is -0.181. The molecule has 1 spiro atoms. The molecule has 1 aliphatic carbocycles. The topological polar surface area (TPSA) is 166 Å². The summed E-state index contributed by atoms with van der Waals surface area (Å²) in [6.07, 6.45) is 3.80. The molecule has 6 aromatic rings. The van der Waals surface area contributed by atoms with Gasteiger partial charge in [0.2, 0.25) is 5.60 Å². The summed E-state index contributed by atoms with van der Waals surface area (Å²) in [5.41, 5.74) is 2.22. The molecule has 0 bridgehead atoms. The Morgan fingerprint density at radius 2 is 1.83 bits per heavy atom. The average Bonchev–Trinajstić information content (AvgIpc) is 3.96. The first-order valence-corrected chi connectivity index (χ1v) is 20.1. The standard InChI is InChI=1S/C37H40N6O6S3/c44-28-9-7-25(33-32(28)39-35(47)52-33)29(45)22-38-21-23-6-8-27-26(18-23)40-41-43(27)13-3-12-42-14-10-36(11-15-42)19-24(20-36)49-34(46)37(48,30-4-1-16-50-30)31-5-2-17-51-31/h1-2,4-9,16-18,24,29,38,44-45,48H,3,10-15,19-22H2,(H,39,47)/t29-/m0/s1. The van der Waals surface area contributed by atoms with E-state index in [0.29, 0.717) is 32.1 Å². The fourth-order valence-electron chi connectivity index (χ4n) is 7.68. The molecule has 2 aromatic carbocycles. The van der Waals surface area contributed by atoms with Crippen molar-refractivity contribution in [3.05, 3.63) is 95.9 Å². The number of thiophene rings is 2. The zero-order chi connectivity index (χ0) is 35.9. The lowest BCUT2D eigenvalue weighted by Crippen LogP contribution is -2.52. The number of carbonyl (C=O) groups is 1. The number of thiazole rings is 1. The van der Waals surface area contributed by atoms with Crippen molar-refractivity contribution in [2.75, 3.05) is 26.2 Å². The number of likely N-dealkylation sites (tertiary alicyclic amines) is 1. The number of aliphatic hydroxyl groups is 2. The molecule has 1 saturated heterocycles. The summed E-state index contributed by atoms with van der Waals surface area (Å²) < 4.78 is 8.45. The van der Waals surface area contributed by atoms with E-state index in [4.69, 9.17) is 4.74 Å². The lowest BCUT2D eigenvalue weighted by Gasteiger charge is -2.51. The van der Waals surface area contributed by atoms with Crippen molar-refractivity contribution in [3.8, 4) is 5.75 Å². The van der Waals surface area contributed by atoms with Crippen molar-refractivity contribution in [2.45, 2.75) is 63.0 Å². The Labute approximate surface area is 311 Å². The van der Waals surface area contributed by atoms with Crippen LogP contribution < -0.4 is 10.2 Å². The Kier molecular flexibility index (Phi) is 9.76. The van der Waals surface area contributed by atoms with Crippen LogP contribution in [0.25, 0.3) is 21.3 Å². The molecule has 1 atom stereocenters. The second kappa shape index (κ2) is 14.5. The van der Waals surface area contributed by atoms with Gasteiger partial charge >= 0.3 is 10.8 Å². The number of rotatable bonds is 13. The van der Waals surface area contributed by atoms with E-state index in [-0.39, 0.29) is 28.7 Å². The fourth-order valence-corrected chi connectivity index (χ4v) is 10.3. The summed E-state index contributed by atoms with van der Waals surface area (Å²) in [6.45, 7) is 4.57. The Morgan fingerprint density at radius 3 is 2.54 bits per heavy atom. The number of aromatic amines is 1. The number of esters is 1. The SMILES string of the molecule is O=C(OC1CC2(CCN(CCCn3nnc4cc(CNC[C@H](O)c5ccc(O)c6[nH]c(=O)sc56)ccc43)CC2)C1)C(O)(c1cccs1)c1cccs1. The predicted molar refractivity (Wildman–Crippen MR) is 202 cm³/mol. The van der Waals surface area contributed by atoms with E-state index in [0.717, 1.165) is 86.2 Å². The highest BCUT2D eigenvalue weighted by Gasteiger charge is 2.51. The molecule has 0 unspecified atom stereocenters. The number of phenolic OH excluding ortho intramolecular Hbond substituents is 1. The van der Waals surface area contributed by atoms with Crippen LogP contribution in [0.5, 0.6) is 5.75 Å². The molecule has 5 heterocycles. The van der Waals surface area contributed by atoms with Gasteiger partial charge in [-0.2, -0.15) is 0 Å². The van der Waals surface area contributed by atoms with E-state index < -0.39 is 17.7 Å². The zero-order valence-corrected chi connectivity index (χ0v) is 30.8. The minimum atomic E-state index is -1.76. The van der Waals surface area contributed by atoms with E-state index in [1.54, 1.807) is 18.2 Å². The maximum absolute atomic E-state index is 13.3. The number of aromatic hydroxyl groups is 1. The van der Waals surface area contributed by atoms with Crippen LogP contribution >= 0.6 is 34.0 Å². The molecule has 5 N–H and O–H groups in total. The van der Waals surface area contributed by atoms with Crippen LogP contribution in [0.2, 0.25) is 0 Å². The first kappa shape index (κ1) is 35.1. The predicted octanol–water partition coefficient (Wildman–Crippen LogP) is 5.10. The molecule has 2 fully saturated rings. The van der Waals surface area contributed by atoms with Gasteiger partial charge in [-0.15, -0.1) is 27.8 Å². The number of aryl methyl sites for hydroxylation is 1. The number of hydrogen-bond donors (Lipinski definition) is 5. The lowest BCUT2D eigenvalue weighted by atomic mass is 9.61. The van der Waals surface area contributed by atoms with Crippen LogP contribution in [0.4, 0.5) is 0 Å². The number of fused-ring (bicyclic) bond motifs is 2. The van der Waals surface area contributed by atoms with Gasteiger partial charge in [0, 0.05) is 25.2 Å². The first-order chi connectivity index (χ1) is 25.2. The first-order valence-electron chi connectivity index (χ1n) is 17.5. The minimum absolute atomic E-state index is 0.0140. The van der Waals surface area contributed by atoms with Gasteiger partial charge in [0.05, 0.1) is 26.1 Å². The normalized spacial score (nSPS) is 17.2. The van der Waals surface area contributed by atoms with Crippen LogP contribution in [0.3, 0.4) is 0 Å². The second-order valence-corrected chi connectivity index (χ2v) is 16.8. The van der Waals surface area contributed by atoms with E-state index in [1.807, 2.05) is 45.8 Å². The van der Waals surface area contributed by atoms with Gasteiger partial charge in [-0.3, -0.25) is 4.79 Å². The summed E-state index contributed by atoms with van der Waals surface area (Å²) in [6, 6.07) is 16.5. The van der Waals surface area contributed by atoms with Gasteiger partial charge in [-0.25, -0.2) is 9.48 Å². The second-order valence-electron chi connectivity index (χ2n) is 14.0. The maximum atomic E-state index is 13.3. The van der Waals surface area contributed by atoms with Gasteiger partial charge < -0.3 is 35.3 Å². The Hall–Kier alpha value is -3.96. The number of phenols is 1. The van der Waals surface area contributed by atoms with Crippen LogP contribution in [-0.2, 0) is 28.2 Å². The van der Waals surface area contributed by atoms with Crippen LogP contribution in [0, 0.1) is 5.41 Å². The Bertz CT molecular complexity index is 2180. The quantitative estimate of drug-likeness (QED) is 0.100. The molecule has 12 nitrogen and oxygen atoms in total. The number of carbonyl (C=O) groups excluding carboxylic acids is 1. The molecule has 0 radical (unpaired) electrons. The van der Waals surface area contributed by atoms with Crippen molar-refractivity contribution < 1.29 is 24.9 Å². The van der Waals surface area contributed by atoms with Gasteiger partial charge in [0.15, 0.2) is 0 Å². The highest BCUT2D eigenvalue weighted by molar-refractivity contribution is 7.16. The van der Waals surface area contributed by atoms with E-state index >= 15 is 0 Å². The van der Waals surface area contributed by atoms with Gasteiger partial charge in [-0.1, -0.05) is 40.8 Å². The smallest absolute Gasteiger partial charge is 0.349 e. The number of ether oxygens (including phenoxy) is 1. The van der Waals surface area contributed by atoms with Crippen molar-refractivity contribution in [1.82, 2.24) is 30.2 Å². The third-order valence-corrected chi connectivity index (χ3v) is 13.5. The molecular formula is C37H40N6O6S3.